The fraction of sp³-hybridized carbons (Fsp3) is 0.467. The second kappa shape index (κ2) is 7.36. The van der Waals surface area contributed by atoms with Gasteiger partial charge in [-0.2, -0.15) is 0 Å². The number of nitrogens with zero attached hydrogens (tertiary/aromatic N) is 4. The molecule has 2 aromatic rings. The molecule has 122 valence electrons. The van der Waals surface area contributed by atoms with Crippen molar-refractivity contribution in [2.24, 2.45) is 0 Å². The predicted molar refractivity (Wildman–Crippen MR) is 89.5 cm³/mol. The van der Waals surface area contributed by atoms with Gasteiger partial charge < -0.3 is 15.5 Å². The van der Waals surface area contributed by atoms with Crippen LogP contribution in [0.4, 0.5) is 10.7 Å². The number of carbonyl (C=O) groups excluding carboxylic acids is 1. The van der Waals surface area contributed by atoms with Crippen molar-refractivity contribution in [3.05, 3.63) is 34.5 Å². The maximum atomic E-state index is 12.0. The minimum absolute atomic E-state index is 0.134. The first-order chi connectivity index (χ1) is 11.2. The van der Waals surface area contributed by atoms with E-state index >= 15 is 0 Å². The standard InChI is InChI=1S/C15H20N6OS/c1-11-19-13(10-23-11)9-18-15(22)20-12-3-7-21(8-4-12)14-16-5-2-6-17-14/h2,5-6,10,12H,3-4,7-9H2,1H3,(H2,18,20,22). The monoisotopic (exact) mass is 332 g/mol. The number of carbonyl (C=O) groups is 1. The van der Waals surface area contributed by atoms with Crippen LogP contribution in [0.25, 0.3) is 0 Å². The largest absolute Gasteiger partial charge is 0.341 e. The number of aromatic nitrogens is 3. The van der Waals surface area contributed by atoms with E-state index in [0.717, 1.165) is 42.6 Å². The van der Waals surface area contributed by atoms with Crippen LogP contribution in [-0.2, 0) is 6.54 Å². The van der Waals surface area contributed by atoms with Crippen molar-refractivity contribution in [3.8, 4) is 0 Å². The molecule has 0 atom stereocenters. The Morgan fingerprint density at radius 3 is 2.74 bits per heavy atom. The Hall–Kier alpha value is -2.22. The van der Waals surface area contributed by atoms with Crippen molar-refractivity contribution in [1.82, 2.24) is 25.6 Å². The molecular formula is C15H20N6OS. The molecule has 7 nitrogen and oxygen atoms in total. The third-order valence-corrected chi connectivity index (χ3v) is 4.58. The zero-order valence-corrected chi connectivity index (χ0v) is 13.8. The Labute approximate surface area is 139 Å². The van der Waals surface area contributed by atoms with Crippen molar-refractivity contribution in [3.63, 3.8) is 0 Å². The molecule has 0 bridgehead atoms. The van der Waals surface area contributed by atoms with Gasteiger partial charge in [-0.05, 0) is 25.8 Å². The maximum absolute atomic E-state index is 12.0. The fourth-order valence-corrected chi connectivity index (χ4v) is 3.19. The summed E-state index contributed by atoms with van der Waals surface area (Å²) in [6, 6.07) is 1.86. The lowest BCUT2D eigenvalue weighted by Crippen LogP contribution is -2.48. The molecule has 2 aromatic heterocycles. The number of amides is 2. The highest BCUT2D eigenvalue weighted by Gasteiger charge is 2.21. The van der Waals surface area contributed by atoms with E-state index in [9.17, 15) is 4.79 Å². The zero-order chi connectivity index (χ0) is 16.1. The first kappa shape index (κ1) is 15.7. The van der Waals surface area contributed by atoms with E-state index < -0.39 is 0 Å². The third kappa shape index (κ3) is 4.38. The number of thiazole rings is 1. The molecule has 0 aliphatic carbocycles. The summed E-state index contributed by atoms with van der Waals surface area (Å²) in [5.74, 6) is 0.759. The third-order valence-electron chi connectivity index (χ3n) is 3.76. The molecule has 3 heterocycles. The highest BCUT2D eigenvalue weighted by Crippen LogP contribution is 2.15. The van der Waals surface area contributed by atoms with Crippen LogP contribution >= 0.6 is 11.3 Å². The smallest absolute Gasteiger partial charge is 0.315 e. The van der Waals surface area contributed by atoms with Gasteiger partial charge in [0, 0.05) is 36.9 Å². The Bertz CT molecular complexity index is 638. The minimum Gasteiger partial charge on any atom is -0.341 e. The van der Waals surface area contributed by atoms with E-state index in [1.807, 2.05) is 18.4 Å². The molecule has 0 saturated carbocycles. The fourth-order valence-electron chi connectivity index (χ4n) is 2.58. The number of hydrogen-bond acceptors (Lipinski definition) is 6. The molecule has 1 aliphatic rings. The van der Waals surface area contributed by atoms with Gasteiger partial charge in [0.05, 0.1) is 17.2 Å². The first-order valence-electron chi connectivity index (χ1n) is 7.68. The average molecular weight is 332 g/mol. The van der Waals surface area contributed by atoms with Gasteiger partial charge in [-0.3, -0.25) is 0 Å². The van der Waals surface area contributed by atoms with Crippen molar-refractivity contribution in [2.45, 2.75) is 32.4 Å². The van der Waals surface area contributed by atoms with Gasteiger partial charge in [-0.15, -0.1) is 11.3 Å². The number of urea groups is 1. The molecule has 3 rings (SSSR count). The molecule has 2 amide bonds. The van der Waals surface area contributed by atoms with Gasteiger partial charge in [0.15, 0.2) is 0 Å². The summed E-state index contributed by atoms with van der Waals surface area (Å²) in [5, 5.41) is 8.86. The average Bonchev–Trinajstić information content (AvgIpc) is 3.00. The molecule has 1 fully saturated rings. The van der Waals surface area contributed by atoms with Crippen molar-refractivity contribution in [1.29, 1.82) is 0 Å². The van der Waals surface area contributed by atoms with E-state index in [4.69, 9.17) is 0 Å². The van der Waals surface area contributed by atoms with Crippen LogP contribution in [0, 0.1) is 6.92 Å². The van der Waals surface area contributed by atoms with Crippen LogP contribution in [0.5, 0.6) is 0 Å². The van der Waals surface area contributed by atoms with Crippen LogP contribution in [0.2, 0.25) is 0 Å². The van der Waals surface area contributed by atoms with Crippen molar-refractivity contribution < 1.29 is 4.79 Å². The van der Waals surface area contributed by atoms with Crippen LogP contribution in [0.3, 0.4) is 0 Å². The van der Waals surface area contributed by atoms with E-state index in [2.05, 4.69) is 30.5 Å². The number of piperidine rings is 1. The Kier molecular flexibility index (Phi) is 5.02. The second-order valence-corrected chi connectivity index (χ2v) is 6.56. The predicted octanol–water partition coefficient (Wildman–Crippen LogP) is 1.71. The van der Waals surface area contributed by atoms with Gasteiger partial charge in [-0.25, -0.2) is 19.7 Å². The maximum Gasteiger partial charge on any atom is 0.315 e. The highest BCUT2D eigenvalue weighted by atomic mass is 32.1. The SMILES string of the molecule is Cc1nc(CNC(=O)NC2CCN(c3ncccn3)CC2)cs1. The summed E-state index contributed by atoms with van der Waals surface area (Å²) < 4.78 is 0. The quantitative estimate of drug-likeness (QED) is 0.890. The van der Waals surface area contributed by atoms with Gasteiger partial charge >= 0.3 is 6.03 Å². The van der Waals surface area contributed by atoms with Crippen LogP contribution < -0.4 is 15.5 Å². The van der Waals surface area contributed by atoms with Gasteiger partial charge in [0.25, 0.3) is 0 Å². The van der Waals surface area contributed by atoms with Crippen LogP contribution in [0.15, 0.2) is 23.8 Å². The molecule has 0 radical (unpaired) electrons. The molecule has 0 aromatic carbocycles. The van der Waals surface area contributed by atoms with Gasteiger partial charge in [0.1, 0.15) is 0 Å². The number of anilines is 1. The van der Waals surface area contributed by atoms with E-state index in [0.29, 0.717) is 6.54 Å². The number of aryl methyl sites for hydroxylation is 1. The minimum atomic E-state index is -0.134. The lowest BCUT2D eigenvalue weighted by Gasteiger charge is -2.32. The second-order valence-electron chi connectivity index (χ2n) is 5.49. The summed E-state index contributed by atoms with van der Waals surface area (Å²) in [6.07, 6.45) is 5.28. The van der Waals surface area contributed by atoms with Gasteiger partial charge in [-0.1, -0.05) is 0 Å². The van der Waals surface area contributed by atoms with Crippen LogP contribution in [-0.4, -0.2) is 40.1 Å². The molecule has 0 unspecified atom stereocenters. The molecule has 8 heteroatoms. The Morgan fingerprint density at radius 2 is 2.09 bits per heavy atom. The Balaban J connectivity index is 1.41. The van der Waals surface area contributed by atoms with E-state index in [1.54, 1.807) is 23.7 Å². The molecular weight excluding hydrogens is 312 g/mol. The molecule has 1 saturated heterocycles. The van der Waals surface area contributed by atoms with E-state index in [1.165, 1.54) is 0 Å². The Morgan fingerprint density at radius 1 is 1.35 bits per heavy atom. The lowest BCUT2D eigenvalue weighted by atomic mass is 10.1. The lowest BCUT2D eigenvalue weighted by molar-refractivity contribution is 0.234. The number of rotatable bonds is 4. The summed E-state index contributed by atoms with van der Waals surface area (Å²) in [4.78, 5) is 27.0. The normalized spacial score (nSPS) is 15.4. The topological polar surface area (TPSA) is 83.0 Å². The molecule has 0 spiro atoms. The van der Waals surface area contributed by atoms with Crippen molar-refractivity contribution in [2.75, 3.05) is 18.0 Å². The highest BCUT2D eigenvalue weighted by molar-refractivity contribution is 7.09. The number of hydrogen-bond donors (Lipinski definition) is 2. The van der Waals surface area contributed by atoms with E-state index in [-0.39, 0.29) is 12.1 Å². The van der Waals surface area contributed by atoms with Gasteiger partial charge in [0.2, 0.25) is 5.95 Å². The summed E-state index contributed by atoms with van der Waals surface area (Å²) in [6.45, 7) is 4.12. The summed E-state index contributed by atoms with van der Waals surface area (Å²) in [7, 11) is 0. The number of nitrogens with one attached hydrogen (secondary N) is 2. The van der Waals surface area contributed by atoms with Crippen LogP contribution in [0.1, 0.15) is 23.5 Å². The molecule has 2 N–H and O–H groups in total. The molecule has 1 aliphatic heterocycles. The zero-order valence-electron chi connectivity index (χ0n) is 13.0. The first-order valence-corrected chi connectivity index (χ1v) is 8.56. The summed E-state index contributed by atoms with van der Waals surface area (Å²) >= 11 is 1.59. The van der Waals surface area contributed by atoms with Crippen molar-refractivity contribution >= 4 is 23.3 Å². The molecule has 23 heavy (non-hydrogen) atoms. The summed E-state index contributed by atoms with van der Waals surface area (Å²) in [5.41, 5.74) is 0.902.